The maximum Gasteiger partial charge on any atom is 0.321 e. The molecule has 25 heavy (non-hydrogen) atoms. The average Bonchev–Trinajstić information content (AvgIpc) is 2.54. The van der Waals surface area contributed by atoms with Crippen molar-refractivity contribution in [3.8, 4) is 0 Å². The fraction of sp³-hybridized carbons (Fsp3) is 0.579. The number of rotatable bonds is 6. The maximum absolute atomic E-state index is 12.3. The molecule has 140 valence electrons. The zero-order valence-corrected chi connectivity index (χ0v) is 16.6. The molecule has 2 N–H and O–H groups in total. The molecule has 1 rings (SSSR count). The molecule has 1 aromatic carbocycles. The molecule has 0 aliphatic rings. The summed E-state index contributed by atoms with van der Waals surface area (Å²) in [7, 11) is 6.85. The van der Waals surface area contributed by atoms with Crippen LogP contribution in [0.25, 0.3) is 0 Å². The van der Waals surface area contributed by atoms with Gasteiger partial charge in [-0.2, -0.15) is 0 Å². The quantitative estimate of drug-likeness (QED) is 0.813. The molecular formula is C19H32N4O2. The minimum absolute atomic E-state index is 0.168. The molecule has 0 spiro atoms. The van der Waals surface area contributed by atoms with Gasteiger partial charge in [0.05, 0.1) is 5.69 Å². The number of hydrogen-bond acceptors (Lipinski definition) is 2. The lowest BCUT2D eigenvalue weighted by Gasteiger charge is -2.23. The lowest BCUT2D eigenvalue weighted by molar-refractivity contribution is 0.230. The van der Waals surface area contributed by atoms with Gasteiger partial charge in [0.25, 0.3) is 0 Å². The molecule has 0 saturated heterocycles. The number of urea groups is 2. The zero-order chi connectivity index (χ0) is 19.1. The van der Waals surface area contributed by atoms with Crippen LogP contribution in [0.2, 0.25) is 0 Å². The van der Waals surface area contributed by atoms with E-state index in [0.717, 1.165) is 42.6 Å². The zero-order valence-electron chi connectivity index (χ0n) is 16.6. The third-order valence-corrected chi connectivity index (χ3v) is 4.09. The van der Waals surface area contributed by atoms with Crippen LogP contribution < -0.4 is 10.6 Å². The third-order valence-electron chi connectivity index (χ3n) is 4.09. The van der Waals surface area contributed by atoms with Gasteiger partial charge in [-0.05, 0) is 42.5 Å². The van der Waals surface area contributed by atoms with E-state index in [1.165, 1.54) is 20.9 Å². The molecule has 0 heterocycles. The van der Waals surface area contributed by atoms with E-state index in [2.05, 4.69) is 30.5 Å². The van der Waals surface area contributed by atoms with Gasteiger partial charge in [-0.25, -0.2) is 9.59 Å². The second-order valence-electron chi connectivity index (χ2n) is 6.71. The van der Waals surface area contributed by atoms with Crippen molar-refractivity contribution in [2.24, 2.45) is 0 Å². The number of carbonyl (C=O) groups is 2. The van der Waals surface area contributed by atoms with Crippen LogP contribution in [-0.2, 0) is 12.8 Å². The number of carbonyl (C=O) groups excluding carboxylic acids is 2. The Morgan fingerprint density at radius 3 is 1.92 bits per heavy atom. The van der Waals surface area contributed by atoms with Crippen LogP contribution in [0, 0.1) is 6.92 Å². The highest BCUT2D eigenvalue weighted by molar-refractivity contribution is 5.95. The molecule has 4 amide bonds. The Hall–Kier alpha value is -2.24. The van der Waals surface area contributed by atoms with Crippen LogP contribution in [-0.4, -0.2) is 50.1 Å². The van der Waals surface area contributed by atoms with Crippen molar-refractivity contribution < 1.29 is 9.59 Å². The maximum atomic E-state index is 12.3. The topological polar surface area (TPSA) is 64.7 Å². The second kappa shape index (κ2) is 9.30. The first kappa shape index (κ1) is 20.8. The number of nitrogens with one attached hydrogen (secondary N) is 2. The average molecular weight is 348 g/mol. The normalized spacial score (nSPS) is 10.4. The molecule has 0 aliphatic heterocycles. The molecule has 0 saturated carbocycles. The number of aryl methyl sites for hydroxylation is 1. The van der Waals surface area contributed by atoms with Gasteiger partial charge in [-0.1, -0.05) is 26.7 Å². The van der Waals surface area contributed by atoms with Crippen molar-refractivity contribution in [2.75, 3.05) is 38.8 Å². The summed E-state index contributed by atoms with van der Waals surface area (Å²) < 4.78 is 0. The monoisotopic (exact) mass is 348 g/mol. The fourth-order valence-corrected chi connectivity index (χ4v) is 2.66. The first-order valence-corrected chi connectivity index (χ1v) is 8.84. The molecule has 0 bridgehead atoms. The van der Waals surface area contributed by atoms with Crippen molar-refractivity contribution >= 4 is 23.4 Å². The summed E-state index contributed by atoms with van der Waals surface area (Å²) in [4.78, 5) is 27.4. The molecule has 0 unspecified atom stereocenters. The highest BCUT2D eigenvalue weighted by Gasteiger charge is 2.19. The summed E-state index contributed by atoms with van der Waals surface area (Å²) in [5, 5.41) is 5.97. The first-order valence-electron chi connectivity index (χ1n) is 8.84. The lowest BCUT2D eigenvalue weighted by Crippen LogP contribution is -2.30. The highest BCUT2D eigenvalue weighted by Crippen LogP contribution is 2.33. The van der Waals surface area contributed by atoms with E-state index in [9.17, 15) is 9.59 Å². The van der Waals surface area contributed by atoms with Gasteiger partial charge < -0.3 is 20.4 Å². The molecule has 6 nitrogen and oxygen atoms in total. The van der Waals surface area contributed by atoms with Gasteiger partial charge in [0.15, 0.2) is 0 Å². The van der Waals surface area contributed by atoms with Crippen LogP contribution in [0.4, 0.5) is 21.0 Å². The summed E-state index contributed by atoms with van der Waals surface area (Å²) in [5.41, 5.74) is 4.79. The van der Waals surface area contributed by atoms with E-state index in [4.69, 9.17) is 0 Å². The summed E-state index contributed by atoms with van der Waals surface area (Å²) in [5.74, 6) is 0. The minimum Gasteiger partial charge on any atom is -0.331 e. The number of nitrogens with zero attached hydrogens (tertiary/aromatic N) is 2. The SMILES string of the molecule is CCCc1cc(NC(=O)N(C)C)c(C)c(NC(=O)N(C)C)c1CCC. The molecule has 0 atom stereocenters. The number of anilines is 2. The largest absolute Gasteiger partial charge is 0.331 e. The predicted molar refractivity (Wildman–Crippen MR) is 105 cm³/mol. The molecule has 6 heteroatoms. The van der Waals surface area contributed by atoms with E-state index >= 15 is 0 Å². The summed E-state index contributed by atoms with van der Waals surface area (Å²) in [6.45, 7) is 6.20. The van der Waals surface area contributed by atoms with Crippen molar-refractivity contribution in [2.45, 2.75) is 46.5 Å². The Balaban J connectivity index is 3.47. The van der Waals surface area contributed by atoms with E-state index < -0.39 is 0 Å². The Morgan fingerprint density at radius 1 is 0.920 bits per heavy atom. The Bertz CT molecular complexity index is 624. The Labute approximate surface area is 151 Å². The van der Waals surface area contributed by atoms with E-state index in [1.54, 1.807) is 28.2 Å². The van der Waals surface area contributed by atoms with Gasteiger partial charge in [-0.15, -0.1) is 0 Å². The predicted octanol–water partition coefficient (Wildman–Crippen LogP) is 4.09. The summed E-state index contributed by atoms with van der Waals surface area (Å²) in [6.07, 6.45) is 3.79. The van der Waals surface area contributed by atoms with Gasteiger partial charge in [0.1, 0.15) is 0 Å². The molecule has 0 radical (unpaired) electrons. The molecular weight excluding hydrogens is 316 g/mol. The smallest absolute Gasteiger partial charge is 0.321 e. The second-order valence-corrected chi connectivity index (χ2v) is 6.71. The van der Waals surface area contributed by atoms with E-state index in [-0.39, 0.29) is 12.1 Å². The van der Waals surface area contributed by atoms with Crippen LogP contribution in [0.5, 0.6) is 0 Å². The third kappa shape index (κ3) is 5.37. The lowest BCUT2D eigenvalue weighted by atomic mass is 9.93. The standard InChI is InChI=1S/C19H32N4O2/c1-8-10-14-12-16(20-18(24)22(4)5)13(3)17(15(14)11-9-2)21-19(25)23(6)7/h12H,8-11H2,1-7H3,(H,20,24)(H,21,25). The van der Waals surface area contributed by atoms with Crippen LogP contribution in [0.1, 0.15) is 43.4 Å². The van der Waals surface area contributed by atoms with E-state index in [1.807, 2.05) is 6.92 Å². The molecule has 0 fully saturated rings. The number of benzene rings is 1. The molecule has 1 aromatic rings. The van der Waals surface area contributed by atoms with Crippen molar-refractivity contribution in [3.05, 3.63) is 22.8 Å². The van der Waals surface area contributed by atoms with Crippen molar-refractivity contribution in [3.63, 3.8) is 0 Å². The summed E-state index contributed by atoms with van der Waals surface area (Å²) >= 11 is 0. The summed E-state index contributed by atoms with van der Waals surface area (Å²) in [6, 6.07) is 1.70. The number of hydrogen-bond donors (Lipinski definition) is 2. The van der Waals surface area contributed by atoms with Crippen LogP contribution in [0.15, 0.2) is 6.07 Å². The fourth-order valence-electron chi connectivity index (χ4n) is 2.66. The van der Waals surface area contributed by atoms with Gasteiger partial charge >= 0.3 is 12.1 Å². The minimum atomic E-state index is -0.182. The van der Waals surface area contributed by atoms with Crippen molar-refractivity contribution in [1.82, 2.24) is 9.80 Å². The Kier molecular flexibility index (Phi) is 7.74. The Morgan fingerprint density at radius 2 is 1.44 bits per heavy atom. The van der Waals surface area contributed by atoms with Crippen molar-refractivity contribution in [1.29, 1.82) is 0 Å². The van der Waals surface area contributed by atoms with Gasteiger partial charge in [0.2, 0.25) is 0 Å². The molecule has 0 aromatic heterocycles. The number of amides is 4. The van der Waals surface area contributed by atoms with Crippen LogP contribution >= 0.6 is 0 Å². The van der Waals surface area contributed by atoms with Crippen LogP contribution in [0.3, 0.4) is 0 Å². The van der Waals surface area contributed by atoms with Gasteiger partial charge in [0, 0.05) is 33.9 Å². The van der Waals surface area contributed by atoms with E-state index in [0.29, 0.717) is 0 Å². The highest BCUT2D eigenvalue weighted by atomic mass is 16.2. The van der Waals surface area contributed by atoms with Gasteiger partial charge in [-0.3, -0.25) is 0 Å². The first-order chi connectivity index (χ1) is 11.7. The molecule has 0 aliphatic carbocycles.